The van der Waals surface area contributed by atoms with E-state index in [9.17, 15) is 5.11 Å². The van der Waals surface area contributed by atoms with E-state index in [-0.39, 0.29) is 11.8 Å². The van der Waals surface area contributed by atoms with E-state index >= 15 is 0 Å². The Morgan fingerprint density at radius 2 is 2.25 bits per heavy atom. The van der Waals surface area contributed by atoms with Gasteiger partial charge in [0.05, 0.1) is 10.9 Å². The molecule has 0 amide bonds. The van der Waals surface area contributed by atoms with Gasteiger partial charge in [0.15, 0.2) is 0 Å². The molecule has 1 aliphatic rings. The number of nitrogens with two attached hydrogens (primary N) is 1. The molecular weight excluding hydrogens is 224 g/mol. The number of hydrogen-bond acceptors (Lipinski definition) is 2. The molecule has 1 aromatic heterocycles. The Morgan fingerprint density at radius 3 is 2.81 bits per heavy atom. The average molecular weight is 239 g/mol. The number of aliphatic hydroxyl groups is 1. The van der Waals surface area contributed by atoms with Crippen molar-refractivity contribution in [1.82, 2.24) is 4.57 Å². The largest absolute Gasteiger partial charge is 0.508 e. The van der Waals surface area contributed by atoms with Crippen molar-refractivity contribution >= 4 is 17.4 Å². The van der Waals surface area contributed by atoms with Crippen LogP contribution in [-0.2, 0) is 0 Å². The lowest BCUT2D eigenvalue weighted by molar-refractivity contribution is 0.388. The molecule has 0 spiro atoms. The molecule has 2 atom stereocenters. The average Bonchev–Trinajstić information content (AvgIpc) is 2.60. The molecule has 0 aromatic carbocycles. The Kier molecular flexibility index (Phi) is 2.50. The summed E-state index contributed by atoms with van der Waals surface area (Å²) in [6.45, 7) is 3.77. The molecule has 1 aromatic rings. The first kappa shape index (κ1) is 11.1. The van der Waals surface area contributed by atoms with Gasteiger partial charge in [-0.1, -0.05) is 6.08 Å². The predicted molar refractivity (Wildman–Crippen MR) is 66.6 cm³/mol. The molecule has 1 aliphatic carbocycles. The Labute approximate surface area is 99.8 Å². The summed E-state index contributed by atoms with van der Waals surface area (Å²) in [7, 11) is 0. The number of aromatic nitrogens is 1. The first-order valence-corrected chi connectivity index (χ1v) is 5.51. The van der Waals surface area contributed by atoms with Gasteiger partial charge < -0.3 is 15.4 Å². The zero-order chi connectivity index (χ0) is 11.9. The summed E-state index contributed by atoms with van der Waals surface area (Å²) in [4.78, 5) is -0.580. The van der Waals surface area contributed by atoms with E-state index in [1.165, 1.54) is 0 Å². The van der Waals surface area contributed by atoms with E-state index in [0.717, 1.165) is 5.57 Å². The summed E-state index contributed by atoms with van der Waals surface area (Å²) in [5.41, 5.74) is 6.70. The maximum Gasteiger partial charge on any atom is 0.116 e. The Bertz CT molecular complexity index is 471. The van der Waals surface area contributed by atoms with Crippen molar-refractivity contribution in [2.75, 3.05) is 5.73 Å². The number of aliphatic hydroxyl groups excluding tert-OH is 1. The highest BCUT2D eigenvalue weighted by molar-refractivity contribution is 6.25. The second kappa shape index (κ2) is 3.59. The van der Waals surface area contributed by atoms with Crippen LogP contribution in [0.4, 0.5) is 5.82 Å². The molecule has 0 saturated carbocycles. The van der Waals surface area contributed by atoms with Crippen LogP contribution in [0.15, 0.2) is 41.8 Å². The SMILES string of the molecule is CC1=C(O)C=CC(C)(Cl)C1n1cccc1N. The maximum atomic E-state index is 9.75. The van der Waals surface area contributed by atoms with Crippen LogP contribution in [0.1, 0.15) is 19.9 Å². The van der Waals surface area contributed by atoms with Gasteiger partial charge in [0.25, 0.3) is 0 Å². The van der Waals surface area contributed by atoms with Crippen LogP contribution in [0.2, 0.25) is 0 Å². The van der Waals surface area contributed by atoms with Crippen LogP contribution in [0, 0.1) is 0 Å². The fourth-order valence-electron chi connectivity index (χ4n) is 2.15. The molecule has 86 valence electrons. The van der Waals surface area contributed by atoms with Crippen molar-refractivity contribution in [3.05, 3.63) is 41.8 Å². The number of halogens is 1. The van der Waals surface area contributed by atoms with Crippen molar-refractivity contribution in [2.45, 2.75) is 24.8 Å². The summed E-state index contributed by atoms with van der Waals surface area (Å²) < 4.78 is 1.88. The zero-order valence-corrected chi connectivity index (χ0v) is 10.1. The maximum absolute atomic E-state index is 9.75. The van der Waals surface area contributed by atoms with E-state index < -0.39 is 4.87 Å². The van der Waals surface area contributed by atoms with Crippen molar-refractivity contribution in [3.8, 4) is 0 Å². The lowest BCUT2D eigenvalue weighted by atomic mass is 9.88. The van der Waals surface area contributed by atoms with Crippen LogP contribution in [0.3, 0.4) is 0 Å². The van der Waals surface area contributed by atoms with Crippen LogP contribution >= 0.6 is 11.6 Å². The smallest absolute Gasteiger partial charge is 0.116 e. The normalized spacial score (nSPS) is 29.8. The Balaban J connectivity index is 2.54. The Hall–Kier alpha value is -1.35. The number of alkyl halides is 1. The van der Waals surface area contributed by atoms with Crippen LogP contribution in [0.25, 0.3) is 0 Å². The standard InChI is InChI=1S/C12H15ClN2O/c1-8-9(16)5-6-12(2,13)11(8)15-7-3-4-10(15)14/h3-7,11,16H,14H2,1-2H3. The molecule has 16 heavy (non-hydrogen) atoms. The minimum Gasteiger partial charge on any atom is -0.508 e. The second-order valence-electron chi connectivity index (χ2n) is 4.30. The van der Waals surface area contributed by atoms with Gasteiger partial charge in [-0.05, 0) is 37.6 Å². The molecule has 3 N–H and O–H groups in total. The summed E-state index contributed by atoms with van der Waals surface area (Å²) in [5.74, 6) is 0.899. The molecule has 1 heterocycles. The molecule has 2 unspecified atom stereocenters. The summed E-state index contributed by atoms with van der Waals surface area (Å²) >= 11 is 6.45. The molecular formula is C12H15ClN2O. The fourth-order valence-corrected chi connectivity index (χ4v) is 2.48. The third-order valence-corrected chi connectivity index (χ3v) is 3.34. The number of hydrogen-bond donors (Lipinski definition) is 2. The lowest BCUT2D eigenvalue weighted by Crippen LogP contribution is -2.33. The minimum absolute atomic E-state index is 0.158. The van der Waals surface area contributed by atoms with Gasteiger partial charge in [0.2, 0.25) is 0 Å². The lowest BCUT2D eigenvalue weighted by Gasteiger charge is -2.35. The van der Waals surface area contributed by atoms with E-state index in [2.05, 4.69) is 0 Å². The molecule has 3 nitrogen and oxygen atoms in total. The van der Waals surface area contributed by atoms with Crippen LogP contribution < -0.4 is 5.73 Å². The topological polar surface area (TPSA) is 51.2 Å². The number of nitrogen functional groups attached to an aromatic ring is 1. The molecule has 4 heteroatoms. The van der Waals surface area contributed by atoms with Gasteiger partial charge in [-0.3, -0.25) is 0 Å². The third kappa shape index (κ3) is 1.61. The molecule has 2 rings (SSSR count). The summed E-state index contributed by atoms with van der Waals surface area (Å²) in [5, 5.41) is 9.75. The van der Waals surface area contributed by atoms with Gasteiger partial charge >= 0.3 is 0 Å². The predicted octanol–water partition coefficient (Wildman–Crippen LogP) is 3.01. The Morgan fingerprint density at radius 1 is 1.56 bits per heavy atom. The monoisotopic (exact) mass is 238 g/mol. The van der Waals surface area contributed by atoms with Gasteiger partial charge in [0, 0.05) is 6.20 Å². The fraction of sp³-hybridized carbons (Fsp3) is 0.333. The summed E-state index contributed by atoms with van der Waals surface area (Å²) in [6, 6.07) is 3.52. The summed E-state index contributed by atoms with van der Waals surface area (Å²) in [6.07, 6.45) is 5.30. The van der Waals surface area contributed by atoms with Crippen molar-refractivity contribution in [2.24, 2.45) is 0 Å². The molecule has 0 radical (unpaired) electrons. The highest BCUT2D eigenvalue weighted by Crippen LogP contribution is 2.41. The van der Waals surface area contributed by atoms with Crippen molar-refractivity contribution in [1.29, 1.82) is 0 Å². The zero-order valence-electron chi connectivity index (χ0n) is 9.31. The minimum atomic E-state index is -0.580. The van der Waals surface area contributed by atoms with E-state index in [0.29, 0.717) is 5.82 Å². The molecule has 0 fully saturated rings. The number of allylic oxidation sites excluding steroid dienone is 3. The van der Waals surface area contributed by atoms with Gasteiger partial charge in [0.1, 0.15) is 11.6 Å². The van der Waals surface area contributed by atoms with E-state index in [1.807, 2.05) is 36.7 Å². The second-order valence-corrected chi connectivity index (χ2v) is 5.11. The van der Waals surface area contributed by atoms with Gasteiger partial charge in [-0.15, -0.1) is 11.6 Å². The highest BCUT2D eigenvalue weighted by Gasteiger charge is 2.36. The highest BCUT2D eigenvalue weighted by atomic mass is 35.5. The number of anilines is 1. The number of nitrogens with zero attached hydrogens (tertiary/aromatic N) is 1. The van der Waals surface area contributed by atoms with Crippen molar-refractivity contribution < 1.29 is 5.11 Å². The first-order chi connectivity index (χ1) is 7.43. The molecule has 0 saturated heterocycles. The van der Waals surface area contributed by atoms with E-state index in [4.69, 9.17) is 17.3 Å². The first-order valence-electron chi connectivity index (χ1n) is 5.13. The molecule has 0 aliphatic heterocycles. The third-order valence-electron chi connectivity index (χ3n) is 3.01. The van der Waals surface area contributed by atoms with Gasteiger partial charge in [-0.25, -0.2) is 0 Å². The van der Waals surface area contributed by atoms with E-state index in [1.54, 1.807) is 12.2 Å². The molecule has 0 bridgehead atoms. The quantitative estimate of drug-likeness (QED) is 0.739. The van der Waals surface area contributed by atoms with Crippen LogP contribution in [-0.4, -0.2) is 14.5 Å². The van der Waals surface area contributed by atoms with Crippen molar-refractivity contribution in [3.63, 3.8) is 0 Å². The van der Waals surface area contributed by atoms with Crippen LogP contribution in [0.5, 0.6) is 0 Å². The van der Waals surface area contributed by atoms with Gasteiger partial charge in [-0.2, -0.15) is 0 Å². The number of rotatable bonds is 1.